The van der Waals surface area contributed by atoms with Crippen molar-refractivity contribution in [1.82, 2.24) is 10.6 Å². The van der Waals surface area contributed by atoms with Gasteiger partial charge in [0.25, 0.3) is 0 Å². The fourth-order valence-electron chi connectivity index (χ4n) is 2.13. The van der Waals surface area contributed by atoms with Crippen LogP contribution in [0.5, 0.6) is 0 Å². The Labute approximate surface area is 104 Å². The molecule has 1 saturated carbocycles. The van der Waals surface area contributed by atoms with Crippen molar-refractivity contribution in [3.63, 3.8) is 0 Å². The van der Waals surface area contributed by atoms with E-state index in [1.807, 2.05) is 6.92 Å². The molecule has 1 heterocycles. The summed E-state index contributed by atoms with van der Waals surface area (Å²) in [5, 5.41) is 6.43. The van der Waals surface area contributed by atoms with Crippen molar-refractivity contribution < 1.29 is 4.79 Å². The third-order valence-electron chi connectivity index (χ3n) is 3.90. The van der Waals surface area contributed by atoms with E-state index in [1.165, 1.54) is 19.3 Å². The van der Waals surface area contributed by atoms with Crippen LogP contribution in [0.3, 0.4) is 0 Å². The Morgan fingerprint density at radius 1 is 1.25 bits per heavy atom. The van der Waals surface area contributed by atoms with Gasteiger partial charge in [0, 0.05) is 6.54 Å². The van der Waals surface area contributed by atoms with Crippen LogP contribution in [0.4, 0.5) is 0 Å². The summed E-state index contributed by atoms with van der Waals surface area (Å²) in [5.41, 5.74) is 0.0875. The van der Waals surface area contributed by atoms with Crippen molar-refractivity contribution in [2.45, 2.75) is 51.5 Å². The maximum atomic E-state index is 12.0. The fraction of sp³-hybridized carbons (Fsp3) is 0.917. The smallest absolute Gasteiger partial charge is 0.240 e. The molecule has 0 radical (unpaired) electrons. The van der Waals surface area contributed by atoms with E-state index >= 15 is 0 Å². The number of piperidine rings is 1. The molecule has 0 spiro atoms. The molecule has 1 amide bonds. The van der Waals surface area contributed by atoms with Gasteiger partial charge >= 0.3 is 0 Å². The third-order valence-corrected chi connectivity index (χ3v) is 3.90. The summed E-state index contributed by atoms with van der Waals surface area (Å²) < 4.78 is 0. The minimum atomic E-state index is -0.316. The molecule has 1 aliphatic carbocycles. The van der Waals surface area contributed by atoms with Gasteiger partial charge < -0.3 is 10.6 Å². The number of hydrogen-bond acceptors (Lipinski definition) is 2. The first-order valence-electron chi connectivity index (χ1n) is 6.08. The predicted molar refractivity (Wildman–Crippen MR) is 67.9 cm³/mol. The molecule has 2 rings (SSSR count). The summed E-state index contributed by atoms with van der Waals surface area (Å²) in [5.74, 6) is 0.190. The van der Waals surface area contributed by atoms with E-state index in [-0.39, 0.29) is 23.9 Å². The topological polar surface area (TPSA) is 41.1 Å². The Morgan fingerprint density at radius 2 is 1.94 bits per heavy atom. The van der Waals surface area contributed by atoms with Crippen LogP contribution in [0.1, 0.15) is 46.0 Å². The third kappa shape index (κ3) is 3.11. The average Bonchev–Trinajstić information content (AvgIpc) is 2.95. The highest BCUT2D eigenvalue weighted by Gasteiger charge is 2.40. The predicted octanol–water partition coefficient (Wildman–Crippen LogP) is 1.86. The molecule has 94 valence electrons. The highest BCUT2D eigenvalue weighted by atomic mass is 35.5. The number of carbonyl (C=O) groups excluding carboxylic acids is 1. The normalized spacial score (nSPS) is 31.4. The average molecular weight is 247 g/mol. The molecular weight excluding hydrogens is 224 g/mol. The highest BCUT2D eigenvalue weighted by molar-refractivity contribution is 5.86. The number of hydrogen-bond donors (Lipinski definition) is 2. The van der Waals surface area contributed by atoms with Gasteiger partial charge in [-0.05, 0) is 51.0 Å². The maximum absolute atomic E-state index is 12.0. The van der Waals surface area contributed by atoms with E-state index in [0.29, 0.717) is 5.41 Å². The zero-order valence-electron chi connectivity index (χ0n) is 10.3. The van der Waals surface area contributed by atoms with Crippen LogP contribution in [-0.2, 0) is 4.79 Å². The second-order valence-electron chi connectivity index (χ2n) is 5.71. The second kappa shape index (κ2) is 4.92. The van der Waals surface area contributed by atoms with Gasteiger partial charge in [-0.2, -0.15) is 0 Å². The van der Waals surface area contributed by atoms with E-state index in [2.05, 4.69) is 17.6 Å². The summed E-state index contributed by atoms with van der Waals surface area (Å²) in [7, 11) is 0. The molecule has 2 N–H and O–H groups in total. The minimum Gasteiger partial charge on any atom is -0.354 e. The van der Waals surface area contributed by atoms with Gasteiger partial charge in [-0.25, -0.2) is 0 Å². The van der Waals surface area contributed by atoms with E-state index in [0.717, 1.165) is 25.9 Å². The largest absolute Gasteiger partial charge is 0.354 e. The van der Waals surface area contributed by atoms with Crippen molar-refractivity contribution in [2.24, 2.45) is 5.41 Å². The summed E-state index contributed by atoms with van der Waals surface area (Å²) >= 11 is 0. The Bertz CT molecular complexity index is 258. The first-order valence-corrected chi connectivity index (χ1v) is 6.08. The highest BCUT2D eigenvalue weighted by Crippen LogP contribution is 2.44. The zero-order chi connectivity index (χ0) is 10.9. The molecule has 16 heavy (non-hydrogen) atoms. The lowest BCUT2D eigenvalue weighted by atomic mass is 9.90. The van der Waals surface area contributed by atoms with Crippen molar-refractivity contribution >= 4 is 18.3 Å². The maximum Gasteiger partial charge on any atom is 0.240 e. The van der Waals surface area contributed by atoms with E-state index in [4.69, 9.17) is 0 Å². The fourth-order valence-corrected chi connectivity index (χ4v) is 2.13. The molecule has 1 unspecified atom stereocenters. The standard InChI is InChI=1S/C12H22N2O.ClH/c1-11(6-7-11)9-13-10(15)12(2)5-3-4-8-14-12;/h14H,3-9H2,1-2H3,(H,13,15);1H. The molecule has 0 aromatic heterocycles. The van der Waals surface area contributed by atoms with Crippen molar-refractivity contribution in [2.75, 3.05) is 13.1 Å². The van der Waals surface area contributed by atoms with Crippen LogP contribution in [0.2, 0.25) is 0 Å². The molecule has 2 fully saturated rings. The summed E-state index contributed by atoms with van der Waals surface area (Å²) in [6, 6.07) is 0. The molecule has 0 bridgehead atoms. The van der Waals surface area contributed by atoms with Crippen molar-refractivity contribution in [3.05, 3.63) is 0 Å². The molecule has 0 aromatic carbocycles. The summed E-state index contributed by atoms with van der Waals surface area (Å²) in [6.07, 6.45) is 5.85. The Morgan fingerprint density at radius 3 is 2.44 bits per heavy atom. The molecular formula is C12H23ClN2O. The van der Waals surface area contributed by atoms with Crippen LogP contribution in [0.25, 0.3) is 0 Å². The molecule has 1 aliphatic heterocycles. The summed E-state index contributed by atoms with van der Waals surface area (Å²) in [6.45, 7) is 6.09. The van der Waals surface area contributed by atoms with Gasteiger partial charge in [-0.1, -0.05) is 6.92 Å². The van der Waals surface area contributed by atoms with E-state index in [9.17, 15) is 4.79 Å². The van der Waals surface area contributed by atoms with Gasteiger partial charge in [0.15, 0.2) is 0 Å². The molecule has 3 nitrogen and oxygen atoms in total. The second-order valence-corrected chi connectivity index (χ2v) is 5.71. The number of rotatable bonds is 3. The Hall–Kier alpha value is -0.280. The van der Waals surface area contributed by atoms with Gasteiger partial charge in [0.2, 0.25) is 5.91 Å². The summed E-state index contributed by atoms with van der Waals surface area (Å²) in [4.78, 5) is 12.0. The van der Waals surface area contributed by atoms with Crippen LogP contribution >= 0.6 is 12.4 Å². The van der Waals surface area contributed by atoms with Crippen LogP contribution in [0, 0.1) is 5.41 Å². The van der Waals surface area contributed by atoms with Crippen molar-refractivity contribution in [1.29, 1.82) is 0 Å². The Balaban J connectivity index is 0.00000128. The van der Waals surface area contributed by atoms with Gasteiger partial charge in [-0.15, -0.1) is 12.4 Å². The molecule has 0 aromatic rings. The number of amides is 1. The van der Waals surface area contributed by atoms with Gasteiger partial charge in [-0.3, -0.25) is 4.79 Å². The quantitative estimate of drug-likeness (QED) is 0.798. The van der Waals surface area contributed by atoms with Gasteiger partial charge in [0.05, 0.1) is 5.54 Å². The monoisotopic (exact) mass is 246 g/mol. The van der Waals surface area contributed by atoms with E-state index in [1.54, 1.807) is 0 Å². The first-order chi connectivity index (χ1) is 7.04. The molecule has 1 atom stereocenters. The zero-order valence-corrected chi connectivity index (χ0v) is 11.1. The van der Waals surface area contributed by atoms with Gasteiger partial charge in [0.1, 0.15) is 0 Å². The lowest BCUT2D eigenvalue weighted by Crippen LogP contribution is -2.57. The van der Waals surface area contributed by atoms with Crippen LogP contribution < -0.4 is 10.6 Å². The SMILES string of the molecule is CC1(CNC(=O)C2(C)CCCCN2)CC1.Cl. The van der Waals surface area contributed by atoms with Crippen LogP contribution in [0.15, 0.2) is 0 Å². The van der Waals surface area contributed by atoms with Crippen LogP contribution in [-0.4, -0.2) is 24.5 Å². The number of nitrogens with one attached hydrogen (secondary N) is 2. The molecule has 4 heteroatoms. The van der Waals surface area contributed by atoms with E-state index < -0.39 is 0 Å². The first kappa shape index (κ1) is 13.8. The van der Waals surface area contributed by atoms with Crippen molar-refractivity contribution in [3.8, 4) is 0 Å². The lowest BCUT2D eigenvalue weighted by molar-refractivity contribution is -0.128. The number of carbonyl (C=O) groups is 1. The Kier molecular flexibility index (Phi) is 4.24. The number of halogens is 1. The minimum absolute atomic E-state index is 0. The lowest BCUT2D eigenvalue weighted by Gasteiger charge is -2.33. The molecule has 1 saturated heterocycles. The molecule has 2 aliphatic rings.